The molecule has 1 unspecified atom stereocenters. The van der Waals surface area contributed by atoms with Crippen LogP contribution in [-0.2, 0) is 11.3 Å². The second-order valence-corrected chi connectivity index (χ2v) is 6.75. The first-order valence-electron chi connectivity index (χ1n) is 7.11. The van der Waals surface area contributed by atoms with Crippen molar-refractivity contribution in [2.45, 2.75) is 33.2 Å². The van der Waals surface area contributed by atoms with E-state index in [9.17, 15) is 9.59 Å². The molecule has 1 aromatic rings. The van der Waals surface area contributed by atoms with Gasteiger partial charge in [0.2, 0.25) is 0 Å². The van der Waals surface area contributed by atoms with Gasteiger partial charge in [0.05, 0.1) is 6.54 Å². The second kappa shape index (κ2) is 8.67. The van der Waals surface area contributed by atoms with E-state index in [2.05, 4.69) is 19.2 Å². The molecular formula is C15H24N2O3S. The Balaban J connectivity index is 2.42. The molecule has 0 radical (unpaired) electrons. The molecule has 1 rings (SSSR count). The lowest BCUT2D eigenvalue weighted by atomic mass is 9.94. The number of nitrogens with zero attached hydrogens (tertiary/aromatic N) is 1. The molecule has 0 saturated heterocycles. The molecule has 0 spiro atoms. The van der Waals surface area contributed by atoms with Crippen molar-refractivity contribution >= 4 is 23.3 Å². The highest BCUT2D eigenvalue weighted by Crippen LogP contribution is 2.15. The zero-order chi connectivity index (χ0) is 15.8. The molecule has 2 N–H and O–H groups in total. The maximum Gasteiger partial charge on any atom is 0.317 e. The first kappa shape index (κ1) is 17.5. The molecule has 0 aliphatic rings. The highest BCUT2D eigenvalue weighted by Gasteiger charge is 2.17. The van der Waals surface area contributed by atoms with Crippen LogP contribution < -0.4 is 5.32 Å². The van der Waals surface area contributed by atoms with Crippen LogP contribution in [0.2, 0.25) is 0 Å². The van der Waals surface area contributed by atoms with Crippen LogP contribution in [0.3, 0.4) is 0 Å². The fraction of sp³-hybridized carbons (Fsp3) is 0.600. The van der Waals surface area contributed by atoms with Gasteiger partial charge in [0, 0.05) is 24.9 Å². The van der Waals surface area contributed by atoms with Crippen LogP contribution in [-0.4, -0.2) is 35.6 Å². The number of hydrogen-bond acceptors (Lipinski definition) is 3. The average Bonchev–Trinajstić information content (AvgIpc) is 2.86. The summed E-state index contributed by atoms with van der Waals surface area (Å²) in [5.41, 5.74) is 0. The van der Waals surface area contributed by atoms with Gasteiger partial charge in [-0.1, -0.05) is 19.9 Å². The lowest BCUT2D eigenvalue weighted by molar-refractivity contribution is -0.138. The van der Waals surface area contributed by atoms with Gasteiger partial charge in [-0.15, -0.1) is 11.3 Å². The number of rotatable bonds is 8. The van der Waals surface area contributed by atoms with E-state index in [4.69, 9.17) is 5.11 Å². The summed E-state index contributed by atoms with van der Waals surface area (Å²) in [6, 6.07) is 3.78. The Kier molecular flexibility index (Phi) is 7.22. The lowest BCUT2D eigenvalue weighted by Gasteiger charge is -2.21. The quantitative estimate of drug-likeness (QED) is 0.775. The number of amides is 2. The number of carboxylic acid groups (broad SMARTS) is 1. The number of aliphatic carboxylic acids is 1. The van der Waals surface area contributed by atoms with Crippen LogP contribution in [0.4, 0.5) is 4.79 Å². The average molecular weight is 312 g/mol. The van der Waals surface area contributed by atoms with Gasteiger partial charge in [-0.3, -0.25) is 4.79 Å². The normalized spacial score (nSPS) is 12.2. The fourth-order valence-electron chi connectivity index (χ4n) is 2.23. The molecule has 118 valence electrons. The highest BCUT2D eigenvalue weighted by molar-refractivity contribution is 7.09. The van der Waals surface area contributed by atoms with Crippen LogP contribution in [0.15, 0.2) is 17.5 Å². The van der Waals surface area contributed by atoms with Crippen molar-refractivity contribution in [1.82, 2.24) is 10.2 Å². The standard InChI is InChI=1S/C15H24N2O3S/c1-11(2)7-12(8-14(18)19)9-16-15(20)17(3)10-13-5-4-6-21-13/h4-6,11-12H,7-10H2,1-3H3,(H,16,20)(H,18,19). The summed E-state index contributed by atoms with van der Waals surface area (Å²) >= 11 is 1.61. The van der Waals surface area contributed by atoms with Crippen LogP contribution in [0.1, 0.15) is 31.6 Å². The maximum atomic E-state index is 12.0. The van der Waals surface area contributed by atoms with Crippen molar-refractivity contribution in [3.8, 4) is 0 Å². The molecule has 1 atom stereocenters. The number of urea groups is 1. The van der Waals surface area contributed by atoms with Crippen LogP contribution in [0.25, 0.3) is 0 Å². The van der Waals surface area contributed by atoms with Gasteiger partial charge in [-0.05, 0) is 29.7 Å². The summed E-state index contributed by atoms with van der Waals surface area (Å²) in [6.45, 7) is 5.08. The van der Waals surface area contributed by atoms with Crippen molar-refractivity contribution in [2.24, 2.45) is 11.8 Å². The van der Waals surface area contributed by atoms with Gasteiger partial charge in [0.15, 0.2) is 0 Å². The molecule has 0 bridgehead atoms. The number of carbonyl (C=O) groups is 2. The van der Waals surface area contributed by atoms with Gasteiger partial charge < -0.3 is 15.3 Å². The van der Waals surface area contributed by atoms with Crippen LogP contribution in [0.5, 0.6) is 0 Å². The molecule has 1 aromatic heterocycles. The molecule has 1 heterocycles. The Morgan fingerprint density at radius 2 is 2.14 bits per heavy atom. The van der Waals surface area contributed by atoms with Crippen molar-refractivity contribution in [3.63, 3.8) is 0 Å². The monoisotopic (exact) mass is 312 g/mol. The zero-order valence-electron chi connectivity index (χ0n) is 12.8. The Labute approximate surface area is 130 Å². The number of thiophene rings is 1. The molecule has 6 heteroatoms. The predicted molar refractivity (Wildman–Crippen MR) is 84.4 cm³/mol. The summed E-state index contributed by atoms with van der Waals surface area (Å²) < 4.78 is 0. The van der Waals surface area contributed by atoms with E-state index in [1.807, 2.05) is 17.5 Å². The Bertz CT molecular complexity index is 446. The van der Waals surface area contributed by atoms with E-state index in [-0.39, 0.29) is 18.4 Å². The van der Waals surface area contributed by atoms with E-state index in [1.165, 1.54) is 0 Å². The minimum Gasteiger partial charge on any atom is -0.481 e. The largest absolute Gasteiger partial charge is 0.481 e. The molecule has 0 aromatic carbocycles. The maximum absolute atomic E-state index is 12.0. The Morgan fingerprint density at radius 3 is 2.67 bits per heavy atom. The van der Waals surface area contributed by atoms with Crippen molar-refractivity contribution < 1.29 is 14.7 Å². The van der Waals surface area contributed by atoms with Crippen molar-refractivity contribution in [1.29, 1.82) is 0 Å². The number of carbonyl (C=O) groups excluding carboxylic acids is 1. The van der Waals surface area contributed by atoms with Gasteiger partial charge in [-0.25, -0.2) is 4.79 Å². The third-order valence-corrected chi connectivity index (χ3v) is 3.99. The molecule has 21 heavy (non-hydrogen) atoms. The summed E-state index contributed by atoms with van der Waals surface area (Å²) in [5.74, 6) is -0.432. The van der Waals surface area contributed by atoms with Crippen LogP contribution >= 0.6 is 11.3 Å². The SMILES string of the molecule is CC(C)CC(CNC(=O)N(C)Cc1cccs1)CC(=O)O. The van der Waals surface area contributed by atoms with E-state index in [1.54, 1.807) is 23.3 Å². The topological polar surface area (TPSA) is 69.6 Å². The molecular weight excluding hydrogens is 288 g/mol. The van der Waals surface area contributed by atoms with E-state index in [0.29, 0.717) is 19.0 Å². The molecule has 0 fully saturated rings. The Morgan fingerprint density at radius 1 is 1.43 bits per heavy atom. The van der Waals surface area contributed by atoms with Crippen molar-refractivity contribution in [3.05, 3.63) is 22.4 Å². The fourth-order valence-corrected chi connectivity index (χ4v) is 2.98. The molecule has 0 aliphatic heterocycles. The predicted octanol–water partition coefficient (Wildman–Crippen LogP) is 3.03. The van der Waals surface area contributed by atoms with Gasteiger partial charge in [0.25, 0.3) is 0 Å². The lowest BCUT2D eigenvalue weighted by Crippen LogP contribution is -2.39. The van der Waals surface area contributed by atoms with Gasteiger partial charge >= 0.3 is 12.0 Å². The first-order chi connectivity index (χ1) is 9.88. The number of hydrogen-bond donors (Lipinski definition) is 2. The summed E-state index contributed by atoms with van der Waals surface area (Å²) in [5, 5.41) is 13.7. The third-order valence-electron chi connectivity index (χ3n) is 3.13. The minimum absolute atomic E-state index is 0.0263. The van der Waals surface area contributed by atoms with Gasteiger partial charge in [0.1, 0.15) is 0 Å². The number of nitrogens with one attached hydrogen (secondary N) is 1. The zero-order valence-corrected chi connectivity index (χ0v) is 13.7. The summed E-state index contributed by atoms with van der Waals surface area (Å²) in [6.07, 6.45) is 0.883. The van der Waals surface area contributed by atoms with E-state index < -0.39 is 5.97 Å². The molecule has 0 saturated carbocycles. The first-order valence-corrected chi connectivity index (χ1v) is 7.99. The minimum atomic E-state index is -0.818. The van der Waals surface area contributed by atoms with Gasteiger partial charge in [-0.2, -0.15) is 0 Å². The third kappa shape index (κ3) is 7.13. The van der Waals surface area contributed by atoms with Crippen LogP contribution in [0, 0.1) is 11.8 Å². The molecule has 5 nitrogen and oxygen atoms in total. The number of carboxylic acids is 1. The smallest absolute Gasteiger partial charge is 0.317 e. The van der Waals surface area contributed by atoms with E-state index >= 15 is 0 Å². The molecule has 0 aliphatic carbocycles. The van der Waals surface area contributed by atoms with E-state index in [0.717, 1.165) is 11.3 Å². The second-order valence-electron chi connectivity index (χ2n) is 5.71. The summed E-state index contributed by atoms with van der Waals surface area (Å²) in [4.78, 5) is 25.6. The highest BCUT2D eigenvalue weighted by atomic mass is 32.1. The van der Waals surface area contributed by atoms with Crippen molar-refractivity contribution in [2.75, 3.05) is 13.6 Å². The summed E-state index contributed by atoms with van der Waals surface area (Å²) in [7, 11) is 1.74. The Hall–Kier alpha value is -1.56. The molecule has 2 amide bonds.